The monoisotopic (exact) mass is 358 g/mol. The molecular weight excluding hydrogens is 336 g/mol. The van der Waals surface area contributed by atoms with Crippen LogP contribution in [0.2, 0.25) is 0 Å². The molecule has 0 N–H and O–H groups in total. The molecule has 132 valence electrons. The number of fused-ring (bicyclic) bond motifs is 1. The van der Waals surface area contributed by atoms with Gasteiger partial charge in [-0.25, -0.2) is 9.78 Å². The van der Waals surface area contributed by atoms with E-state index in [1.165, 1.54) is 22.1 Å². The Labute approximate surface area is 150 Å². The van der Waals surface area contributed by atoms with Crippen LogP contribution >= 0.6 is 11.8 Å². The maximum atomic E-state index is 12.5. The third-order valence-corrected chi connectivity index (χ3v) is 5.62. The lowest BCUT2D eigenvalue weighted by Crippen LogP contribution is -2.37. The summed E-state index contributed by atoms with van der Waals surface area (Å²) in [5.41, 5.74) is 1.52. The van der Waals surface area contributed by atoms with Gasteiger partial charge in [-0.1, -0.05) is 24.6 Å². The molecule has 0 saturated carbocycles. The second-order valence-electron chi connectivity index (χ2n) is 6.50. The summed E-state index contributed by atoms with van der Waals surface area (Å²) >= 11 is 1.81. The van der Waals surface area contributed by atoms with E-state index in [0.717, 1.165) is 10.3 Å². The van der Waals surface area contributed by atoms with Crippen LogP contribution in [0.3, 0.4) is 0 Å². The molecule has 3 aromatic rings. The zero-order valence-corrected chi connectivity index (χ0v) is 15.7. The van der Waals surface area contributed by atoms with Crippen molar-refractivity contribution in [2.45, 2.75) is 25.3 Å². The van der Waals surface area contributed by atoms with E-state index in [0.29, 0.717) is 23.6 Å². The highest BCUT2D eigenvalue weighted by Crippen LogP contribution is 2.22. The first kappa shape index (κ1) is 17.5. The number of rotatable bonds is 5. The summed E-state index contributed by atoms with van der Waals surface area (Å²) in [6.07, 6.45) is 1.65. The molecule has 3 rings (SSSR count). The summed E-state index contributed by atoms with van der Waals surface area (Å²) < 4.78 is 4.41. The van der Waals surface area contributed by atoms with Crippen LogP contribution in [-0.4, -0.2) is 24.4 Å². The first-order valence-corrected chi connectivity index (χ1v) is 9.17. The summed E-state index contributed by atoms with van der Waals surface area (Å²) in [7, 11) is 3.14. The number of benzene rings is 1. The van der Waals surface area contributed by atoms with Crippen LogP contribution in [0.15, 0.2) is 45.1 Å². The predicted molar refractivity (Wildman–Crippen MR) is 101 cm³/mol. The number of hydrogen-bond acceptors (Lipinski definition) is 4. The van der Waals surface area contributed by atoms with Gasteiger partial charge in [0.2, 0.25) is 0 Å². The average Bonchev–Trinajstić information content (AvgIpc) is 3.01. The van der Waals surface area contributed by atoms with Crippen molar-refractivity contribution >= 4 is 22.9 Å². The fraction of sp³-hybridized carbons (Fsp3) is 0.389. The molecule has 1 unspecified atom stereocenters. The maximum absolute atomic E-state index is 12.5. The Morgan fingerprint density at radius 1 is 1.12 bits per heavy atom. The molecule has 0 amide bonds. The van der Waals surface area contributed by atoms with Crippen molar-refractivity contribution in [1.29, 1.82) is 0 Å². The van der Waals surface area contributed by atoms with Crippen LogP contribution in [0.5, 0.6) is 0 Å². The minimum absolute atomic E-state index is 0.297. The molecule has 2 heterocycles. The quantitative estimate of drug-likeness (QED) is 0.656. The molecule has 0 aliphatic rings. The molecule has 0 bridgehead atoms. The van der Waals surface area contributed by atoms with Crippen molar-refractivity contribution in [2.24, 2.45) is 20.0 Å². The Morgan fingerprint density at radius 3 is 2.48 bits per heavy atom. The standard InChI is InChI=1S/C18H22N4O2S/c1-12-5-7-14(8-6-12)25-10-13(2)9-22-11-19-16-15(22)17(23)21(4)18(24)20(16)3/h5-8,11,13H,9-10H2,1-4H3. The SMILES string of the molecule is Cc1ccc(SCC(C)Cn2cnc3c2c(=O)n(C)c(=O)n3C)cc1. The molecule has 0 spiro atoms. The van der Waals surface area contributed by atoms with Gasteiger partial charge in [-0.05, 0) is 25.0 Å². The highest BCUT2D eigenvalue weighted by Gasteiger charge is 2.15. The van der Waals surface area contributed by atoms with Crippen LogP contribution in [0.25, 0.3) is 11.2 Å². The lowest BCUT2D eigenvalue weighted by molar-refractivity contribution is 0.538. The third kappa shape index (κ3) is 3.42. The van der Waals surface area contributed by atoms with E-state index in [2.05, 4.69) is 43.1 Å². The smallest absolute Gasteiger partial charge is 0.324 e. The van der Waals surface area contributed by atoms with Crippen LogP contribution in [0, 0.1) is 12.8 Å². The van der Waals surface area contributed by atoms with E-state index < -0.39 is 0 Å². The second-order valence-corrected chi connectivity index (χ2v) is 7.60. The first-order chi connectivity index (χ1) is 11.9. The molecule has 1 atom stereocenters. The highest BCUT2D eigenvalue weighted by atomic mass is 32.2. The van der Waals surface area contributed by atoms with E-state index in [-0.39, 0.29) is 11.2 Å². The van der Waals surface area contributed by atoms with Gasteiger partial charge in [0.1, 0.15) is 0 Å². The zero-order valence-electron chi connectivity index (χ0n) is 14.9. The van der Waals surface area contributed by atoms with Crippen molar-refractivity contribution in [3.63, 3.8) is 0 Å². The summed E-state index contributed by atoms with van der Waals surface area (Å²) in [6.45, 7) is 4.91. The topological polar surface area (TPSA) is 61.8 Å². The highest BCUT2D eigenvalue weighted by molar-refractivity contribution is 7.99. The summed E-state index contributed by atoms with van der Waals surface area (Å²) in [5, 5.41) is 0. The van der Waals surface area contributed by atoms with Gasteiger partial charge < -0.3 is 4.57 Å². The molecule has 0 aliphatic heterocycles. The summed E-state index contributed by atoms with van der Waals surface area (Å²) in [4.78, 5) is 30.0. The fourth-order valence-corrected chi connectivity index (χ4v) is 3.71. The molecule has 7 heteroatoms. The minimum atomic E-state index is -0.356. The third-order valence-electron chi connectivity index (χ3n) is 4.28. The van der Waals surface area contributed by atoms with E-state index in [1.54, 1.807) is 25.1 Å². The van der Waals surface area contributed by atoms with Crippen LogP contribution in [-0.2, 0) is 20.6 Å². The van der Waals surface area contributed by atoms with E-state index in [4.69, 9.17) is 0 Å². The molecule has 0 fully saturated rings. The summed E-state index contributed by atoms with van der Waals surface area (Å²) in [5.74, 6) is 1.29. The second kappa shape index (κ2) is 6.92. The molecule has 0 saturated heterocycles. The van der Waals surface area contributed by atoms with Gasteiger partial charge in [-0.3, -0.25) is 13.9 Å². The minimum Gasteiger partial charge on any atom is -0.324 e. The Bertz CT molecular complexity index is 1010. The summed E-state index contributed by atoms with van der Waals surface area (Å²) in [6, 6.07) is 8.48. The number of aromatic nitrogens is 4. The largest absolute Gasteiger partial charge is 0.332 e. The lowest BCUT2D eigenvalue weighted by atomic mass is 10.2. The van der Waals surface area contributed by atoms with E-state index in [9.17, 15) is 9.59 Å². The van der Waals surface area contributed by atoms with Gasteiger partial charge in [0, 0.05) is 31.3 Å². The van der Waals surface area contributed by atoms with Gasteiger partial charge in [0.25, 0.3) is 5.56 Å². The number of thioether (sulfide) groups is 1. The number of imidazole rings is 1. The maximum Gasteiger partial charge on any atom is 0.332 e. The van der Waals surface area contributed by atoms with Gasteiger partial charge in [0.05, 0.1) is 6.33 Å². The van der Waals surface area contributed by atoms with E-state index in [1.807, 2.05) is 4.57 Å². The lowest BCUT2D eigenvalue weighted by Gasteiger charge is -2.13. The number of aryl methyl sites for hydroxylation is 2. The van der Waals surface area contributed by atoms with E-state index >= 15 is 0 Å². The zero-order chi connectivity index (χ0) is 18.1. The van der Waals surface area contributed by atoms with Crippen molar-refractivity contribution in [1.82, 2.24) is 18.7 Å². The van der Waals surface area contributed by atoms with Gasteiger partial charge in [0.15, 0.2) is 11.2 Å². The van der Waals surface area contributed by atoms with Crippen molar-refractivity contribution in [2.75, 3.05) is 5.75 Å². The van der Waals surface area contributed by atoms with Crippen molar-refractivity contribution in [3.05, 3.63) is 57.0 Å². The predicted octanol–water partition coefficient (Wildman–Crippen LogP) is 2.17. The normalized spacial score (nSPS) is 12.6. The molecule has 1 aromatic carbocycles. The fourth-order valence-electron chi connectivity index (χ4n) is 2.80. The van der Waals surface area contributed by atoms with Crippen molar-refractivity contribution in [3.8, 4) is 0 Å². The Balaban J connectivity index is 1.80. The van der Waals surface area contributed by atoms with Gasteiger partial charge in [-0.15, -0.1) is 11.8 Å². The van der Waals surface area contributed by atoms with Gasteiger partial charge >= 0.3 is 5.69 Å². The average molecular weight is 358 g/mol. The molecule has 25 heavy (non-hydrogen) atoms. The van der Waals surface area contributed by atoms with Crippen molar-refractivity contribution < 1.29 is 0 Å². The molecule has 0 radical (unpaired) electrons. The number of hydrogen-bond donors (Lipinski definition) is 0. The molecular formula is C18H22N4O2S. The Morgan fingerprint density at radius 2 is 1.80 bits per heavy atom. The van der Waals surface area contributed by atoms with Gasteiger partial charge in [-0.2, -0.15) is 0 Å². The van der Waals surface area contributed by atoms with Crippen LogP contribution in [0.4, 0.5) is 0 Å². The molecule has 0 aliphatic carbocycles. The molecule has 6 nitrogen and oxygen atoms in total. The molecule has 2 aromatic heterocycles. The van der Waals surface area contributed by atoms with Crippen LogP contribution in [0.1, 0.15) is 12.5 Å². The number of nitrogens with zero attached hydrogens (tertiary/aromatic N) is 4. The van der Waals surface area contributed by atoms with Crippen LogP contribution < -0.4 is 11.2 Å². The first-order valence-electron chi connectivity index (χ1n) is 8.18. The Hall–Kier alpha value is -2.28. The Kier molecular flexibility index (Phi) is 4.85.